The zero-order valence-electron chi connectivity index (χ0n) is 17.1. The van der Waals surface area contributed by atoms with E-state index < -0.39 is 10.1 Å². The van der Waals surface area contributed by atoms with Gasteiger partial charge < -0.3 is 19.4 Å². The van der Waals surface area contributed by atoms with Crippen LogP contribution in [-0.2, 0) is 23.1 Å². The zero-order valence-corrected chi connectivity index (χ0v) is 17.9. The van der Waals surface area contributed by atoms with E-state index in [1.54, 1.807) is 7.11 Å². The number of aryl methyl sites for hydroxylation is 1. The number of ether oxygens (including phenoxy) is 2. The van der Waals surface area contributed by atoms with Crippen molar-refractivity contribution in [2.24, 2.45) is 0 Å². The number of nitrogens with zero attached hydrogens (tertiary/aromatic N) is 1. The Morgan fingerprint density at radius 2 is 1.77 bits per heavy atom. The van der Waals surface area contributed by atoms with Crippen molar-refractivity contribution < 1.29 is 22.4 Å². The molecule has 5 rings (SSSR count). The molecule has 3 aromatic rings. The smallest absolute Gasteiger partial charge is 0.261 e. The Labute approximate surface area is 176 Å². The van der Waals surface area contributed by atoms with Crippen LogP contribution < -0.4 is 14.8 Å². The molecule has 8 heteroatoms. The Bertz CT molecular complexity index is 1140. The van der Waals surface area contributed by atoms with Crippen molar-refractivity contribution in [2.45, 2.75) is 31.8 Å². The minimum atomic E-state index is -3.67. The van der Waals surface area contributed by atoms with E-state index in [1.165, 1.54) is 41.4 Å². The van der Waals surface area contributed by atoms with Crippen molar-refractivity contribution in [1.82, 2.24) is 9.88 Å². The predicted octanol–water partition coefficient (Wildman–Crippen LogP) is 3.93. The molecule has 0 radical (unpaired) electrons. The molecular formula is C22H26N2O5S. The Morgan fingerprint density at radius 3 is 2.47 bits per heavy atom. The first-order valence-electron chi connectivity index (χ1n) is 9.96. The second-order valence-electron chi connectivity index (χ2n) is 7.60. The quantitative estimate of drug-likeness (QED) is 0.612. The van der Waals surface area contributed by atoms with Crippen molar-refractivity contribution in [3.8, 4) is 17.2 Å². The topological polar surface area (TPSA) is 89.8 Å². The lowest BCUT2D eigenvalue weighted by Crippen LogP contribution is -2.35. The highest BCUT2D eigenvalue weighted by molar-refractivity contribution is 7.85. The molecule has 0 saturated heterocycles. The van der Waals surface area contributed by atoms with Crippen LogP contribution in [-0.4, -0.2) is 37.4 Å². The molecule has 0 bridgehead atoms. The van der Waals surface area contributed by atoms with Gasteiger partial charge in [0.15, 0.2) is 0 Å². The zero-order chi connectivity index (χ0) is 21.3. The molecule has 2 aliphatic rings. The van der Waals surface area contributed by atoms with E-state index in [2.05, 4.69) is 28.1 Å². The van der Waals surface area contributed by atoms with Gasteiger partial charge in [-0.1, -0.05) is 0 Å². The molecular weight excluding hydrogens is 404 g/mol. The van der Waals surface area contributed by atoms with Gasteiger partial charge in [-0.3, -0.25) is 4.55 Å². The van der Waals surface area contributed by atoms with Crippen LogP contribution >= 0.6 is 0 Å². The molecule has 1 unspecified atom stereocenters. The summed E-state index contributed by atoms with van der Waals surface area (Å²) in [5, 5.41) is 5.04. The first-order valence-corrected chi connectivity index (χ1v) is 11.8. The Balaban J connectivity index is 0.000000393. The summed E-state index contributed by atoms with van der Waals surface area (Å²) in [4.78, 5) is 0. The highest BCUT2D eigenvalue weighted by atomic mass is 32.2. The van der Waals surface area contributed by atoms with Gasteiger partial charge in [0.1, 0.15) is 17.2 Å². The number of hydrogen-bond acceptors (Lipinski definition) is 5. The van der Waals surface area contributed by atoms with Crippen molar-refractivity contribution >= 4 is 21.0 Å². The monoisotopic (exact) mass is 430 g/mol. The molecule has 1 atom stereocenters. The first kappa shape index (κ1) is 20.7. The Hall–Kier alpha value is -2.55. The summed E-state index contributed by atoms with van der Waals surface area (Å²) in [6.07, 6.45) is 4.39. The van der Waals surface area contributed by atoms with Crippen molar-refractivity contribution in [3.63, 3.8) is 0 Å². The number of aromatic nitrogens is 1. The third-order valence-corrected chi connectivity index (χ3v) is 5.45. The second-order valence-corrected chi connectivity index (χ2v) is 9.07. The lowest BCUT2D eigenvalue weighted by atomic mass is 9.91. The number of benzene rings is 2. The van der Waals surface area contributed by atoms with Gasteiger partial charge in [0.05, 0.1) is 13.4 Å². The summed E-state index contributed by atoms with van der Waals surface area (Å²) in [6.45, 7) is 2.12. The minimum Gasteiger partial charge on any atom is -0.497 e. The summed E-state index contributed by atoms with van der Waals surface area (Å²) in [5.74, 6) is 2.56. The van der Waals surface area contributed by atoms with Crippen LogP contribution in [0, 0.1) is 0 Å². The van der Waals surface area contributed by atoms with E-state index in [4.69, 9.17) is 14.0 Å². The summed E-state index contributed by atoms with van der Waals surface area (Å²) < 4.78 is 39.7. The van der Waals surface area contributed by atoms with Crippen LogP contribution in [0.5, 0.6) is 17.2 Å². The van der Waals surface area contributed by atoms with Crippen LogP contribution in [0.1, 0.15) is 30.1 Å². The fourth-order valence-electron chi connectivity index (χ4n) is 4.34. The van der Waals surface area contributed by atoms with Gasteiger partial charge in [-0.05, 0) is 67.3 Å². The maximum absolute atomic E-state index is 9.19. The maximum Gasteiger partial charge on any atom is 0.261 e. The van der Waals surface area contributed by atoms with Crippen LogP contribution in [0.2, 0.25) is 0 Å². The number of methoxy groups -OCH3 is 1. The molecule has 1 aromatic heterocycles. The van der Waals surface area contributed by atoms with Gasteiger partial charge in [-0.25, -0.2) is 0 Å². The summed E-state index contributed by atoms with van der Waals surface area (Å²) in [5.41, 5.74) is 4.37. The average Bonchev–Trinajstić information content (AvgIpc) is 3.03. The van der Waals surface area contributed by atoms with Crippen molar-refractivity contribution in [3.05, 3.63) is 53.7 Å². The number of hydrogen-bond donors (Lipinski definition) is 2. The minimum absolute atomic E-state index is 0.524. The molecule has 160 valence electrons. The molecule has 0 saturated carbocycles. The van der Waals surface area contributed by atoms with Crippen molar-refractivity contribution in [2.75, 3.05) is 19.9 Å². The first-order chi connectivity index (χ1) is 14.3. The van der Waals surface area contributed by atoms with E-state index in [0.29, 0.717) is 12.3 Å². The van der Waals surface area contributed by atoms with Crippen LogP contribution in [0.15, 0.2) is 42.5 Å². The molecule has 0 spiro atoms. The molecule has 30 heavy (non-hydrogen) atoms. The fraction of sp³-hybridized carbons (Fsp3) is 0.364. The number of fused-ring (bicyclic) bond motifs is 3. The molecule has 0 amide bonds. The highest BCUT2D eigenvalue weighted by Crippen LogP contribution is 2.40. The van der Waals surface area contributed by atoms with Gasteiger partial charge in [0.25, 0.3) is 10.1 Å². The Morgan fingerprint density at radius 1 is 1.10 bits per heavy atom. The van der Waals surface area contributed by atoms with Gasteiger partial charge >= 0.3 is 0 Å². The lowest BCUT2D eigenvalue weighted by molar-refractivity contribution is 0.384. The predicted molar refractivity (Wildman–Crippen MR) is 116 cm³/mol. The number of nitrogens with one attached hydrogen (secondary N) is 1. The van der Waals surface area contributed by atoms with E-state index in [-0.39, 0.29) is 0 Å². The fourth-order valence-corrected chi connectivity index (χ4v) is 4.34. The third-order valence-electron chi connectivity index (χ3n) is 5.45. The molecule has 0 fully saturated rings. The van der Waals surface area contributed by atoms with Gasteiger partial charge in [-0.15, -0.1) is 0 Å². The van der Waals surface area contributed by atoms with Gasteiger partial charge in [0.2, 0.25) is 0 Å². The van der Waals surface area contributed by atoms with Crippen LogP contribution in [0.25, 0.3) is 10.9 Å². The van der Waals surface area contributed by atoms with Crippen LogP contribution in [0.3, 0.4) is 0 Å². The average molecular weight is 431 g/mol. The van der Waals surface area contributed by atoms with E-state index in [1.807, 2.05) is 24.3 Å². The summed E-state index contributed by atoms with van der Waals surface area (Å²) in [6, 6.07) is 14.8. The molecule has 1 aliphatic carbocycles. The van der Waals surface area contributed by atoms with Crippen LogP contribution in [0.4, 0.5) is 0 Å². The standard InChI is InChI=1S/C21H22N2O2.CH4O3S/c1-24-14-5-7-15(8-6-14)25-16-9-10-20-18(13-16)17-3-2-4-19-21(17)23(20)12-11-22-19;1-5(2,3)4/h5-10,13,19,22H,2-4,11-12H2,1H3;1H3,(H,2,3,4). The van der Waals surface area contributed by atoms with Gasteiger partial charge in [0, 0.05) is 35.7 Å². The van der Waals surface area contributed by atoms with E-state index in [9.17, 15) is 8.42 Å². The summed E-state index contributed by atoms with van der Waals surface area (Å²) in [7, 11) is -1.99. The molecule has 1 aliphatic heterocycles. The second kappa shape index (κ2) is 8.29. The normalized spacial score (nSPS) is 17.6. The maximum atomic E-state index is 9.19. The van der Waals surface area contributed by atoms with E-state index >= 15 is 0 Å². The summed E-state index contributed by atoms with van der Waals surface area (Å²) >= 11 is 0. The van der Waals surface area contributed by atoms with E-state index in [0.717, 1.165) is 30.3 Å². The SMILES string of the molecule is COc1ccc(Oc2ccc3c(c2)c2c4n3CCNC4CCC2)cc1.CS(=O)(=O)O. The number of rotatable bonds is 3. The largest absolute Gasteiger partial charge is 0.497 e. The molecule has 2 heterocycles. The molecule has 2 N–H and O–H groups in total. The third kappa shape index (κ3) is 4.45. The van der Waals surface area contributed by atoms with Crippen molar-refractivity contribution in [1.29, 1.82) is 0 Å². The molecule has 7 nitrogen and oxygen atoms in total. The molecule has 2 aromatic carbocycles. The Kier molecular flexibility index (Phi) is 5.73. The lowest BCUT2D eigenvalue weighted by Gasteiger charge is -2.31. The van der Waals surface area contributed by atoms with Gasteiger partial charge in [-0.2, -0.15) is 8.42 Å². The highest BCUT2D eigenvalue weighted by Gasteiger charge is 2.29.